The zero-order valence-electron chi connectivity index (χ0n) is 10.9. The van der Waals surface area contributed by atoms with Crippen LogP contribution in [0.2, 0.25) is 0 Å². The number of hydrogen-bond acceptors (Lipinski definition) is 2. The highest BCUT2D eigenvalue weighted by Gasteiger charge is 2.09. The molecular formula is C15H19N3. The van der Waals surface area contributed by atoms with Gasteiger partial charge in [0.1, 0.15) is 5.82 Å². The van der Waals surface area contributed by atoms with E-state index in [1.54, 1.807) is 0 Å². The summed E-state index contributed by atoms with van der Waals surface area (Å²) in [6, 6.07) is 10.5. The second kappa shape index (κ2) is 6.20. The Bertz CT molecular complexity index is 548. The van der Waals surface area contributed by atoms with E-state index >= 15 is 0 Å². The number of benzene rings is 1. The first-order valence-electron chi connectivity index (χ1n) is 6.68. The molecule has 3 heteroatoms. The molecule has 0 N–H and O–H groups in total. The number of nitriles is 1. The number of unbranched alkanes of at least 4 members (excludes halogenated alkanes) is 2. The van der Waals surface area contributed by atoms with Crippen molar-refractivity contribution in [3.63, 3.8) is 0 Å². The minimum Gasteiger partial charge on any atom is -0.328 e. The van der Waals surface area contributed by atoms with Crippen molar-refractivity contribution in [2.45, 2.75) is 45.6 Å². The summed E-state index contributed by atoms with van der Waals surface area (Å²) < 4.78 is 2.28. The van der Waals surface area contributed by atoms with Crippen molar-refractivity contribution >= 4 is 11.0 Å². The molecule has 0 unspecified atom stereocenters. The lowest BCUT2D eigenvalue weighted by Crippen LogP contribution is -2.04. The van der Waals surface area contributed by atoms with Gasteiger partial charge in [-0.1, -0.05) is 25.5 Å². The lowest BCUT2D eigenvalue weighted by atomic mass is 10.2. The van der Waals surface area contributed by atoms with E-state index in [1.807, 2.05) is 6.07 Å². The largest absolute Gasteiger partial charge is 0.328 e. The lowest BCUT2D eigenvalue weighted by Gasteiger charge is -2.07. The average molecular weight is 241 g/mol. The van der Waals surface area contributed by atoms with Gasteiger partial charge in [-0.25, -0.2) is 4.98 Å². The lowest BCUT2D eigenvalue weighted by molar-refractivity contribution is 0.618. The first-order chi connectivity index (χ1) is 8.86. The van der Waals surface area contributed by atoms with Crippen LogP contribution >= 0.6 is 0 Å². The first kappa shape index (κ1) is 12.6. The maximum absolute atomic E-state index is 8.64. The standard InChI is InChI=1S/C15H19N3/c1-2-3-10-15-17-13-8-4-5-9-14(13)18(15)12-7-6-11-16/h4-5,8-9H,2-3,6-7,10,12H2,1H3. The number of rotatable bonds is 6. The summed E-state index contributed by atoms with van der Waals surface area (Å²) in [6.07, 6.45) is 4.89. The van der Waals surface area contributed by atoms with Gasteiger partial charge in [-0.05, 0) is 25.0 Å². The fourth-order valence-corrected chi connectivity index (χ4v) is 2.22. The van der Waals surface area contributed by atoms with Crippen LogP contribution in [-0.4, -0.2) is 9.55 Å². The molecule has 0 bridgehead atoms. The van der Waals surface area contributed by atoms with Crippen molar-refractivity contribution in [1.29, 1.82) is 5.26 Å². The topological polar surface area (TPSA) is 41.6 Å². The molecule has 2 aromatic rings. The minimum atomic E-state index is 0.611. The number of imidazole rings is 1. The van der Waals surface area contributed by atoms with Crippen LogP contribution in [0.4, 0.5) is 0 Å². The van der Waals surface area contributed by atoms with Crippen LogP contribution in [0.1, 0.15) is 38.4 Å². The summed E-state index contributed by atoms with van der Waals surface area (Å²) in [6.45, 7) is 3.09. The Balaban J connectivity index is 2.29. The molecule has 3 nitrogen and oxygen atoms in total. The summed E-state index contributed by atoms with van der Waals surface area (Å²) in [7, 11) is 0. The molecule has 0 saturated carbocycles. The van der Waals surface area contributed by atoms with Gasteiger partial charge in [0.15, 0.2) is 0 Å². The highest BCUT2D eigenvalue weighted by Crippen LogP contribution is 2.18. The molecule has 0 saturated heterocycles. The summed E-state index contributed by atoms with van der Waals surface area (Å²) in [5.74, 6) is 1.16. The quantitative estimate of drug-likeness (QED) is 0.724. The molecule has 1 aromatic carbocycles. The Labute approximate surface area is 108 Å². The Morgan fingerprint density at radius 3 is 2.89 bits per heavy atom. The van der Waals surface area contributed by atoms with E-state index in [0.717, 1.165) is 30.7 Å². The number of nitrogens with zero attached hydrogens (tertiary/aromatic N) is 3. The van der Waals surface area contributed by atoms with Crippen molar-refractivity contribution in [1.82, 2.24) is 9.55 Å². The molecular weight excluding hydrogens is 222 g/mol. The number of aryl methyl sites for hydroxylation is 2. The zero-order valence-corrected chi connectivity index (χ0v) is 10.9. The van der Waals surface area contributed by atoms with Gasteiger partial charge in [-0.3, -0.25) is 0 Å². The van der Waals surface area contributed by atoms with Crippen molar-refractivity contribution in [2.24, 2.45) is 0 Å². The van der Waals surface area contributed by atoms with Crippen molar-refractivity contribution in [3.05, 3.63) is 30.1 Å². The SMILES string of the molecule is CCCCc1nc2ccccc2n1CCCC#N. The Kier molecular flexibility index (Phi) is 4.35. The zero-order chi connectivity index (χ0) is 12.8. The predicted molar refractivity (Wildman–Crippen MR) is 73.2 cm³/mol. The van der Waals surface area contributed by atoms with Crippen LogP contribution < -0.4 is 0 Å². The molecule has 0 radical (unpaired) electrons. The van der Waals surface area contributed by atoms with E-state index in [1.165, 1.54) is 18.4 Å². The van der Waals surface area contributed by atoms with E-state index in [-0.39, 0.29) is 0 Å². The van der Waals surface area contributed by atoms with Gasteiger partial charge in [0.2, 0.25) is 0 Å². The van der Waals surface area contributed by atoms with Crippen molar-refractivity contribution in [3.8, 4) is 6.07 Å². The van der Waals surface area contributed by atoms with E-state index in [4.69, 9.17) is 10.2 Å². The summed E-state index contributed by atoms with van der Waals surface area (Å²) in [5, 5.41) is 8.64. The molecule has 0 spiro atoms. The van der Waals surface area contributed by atoms with Crippen LogP contribution in [0, 0.1) is 11.3 Å². The summed E-state index contributed by atoms with van der Waals surface area (Å²) in [5.41, 5.74) is 2.27. The second-order valence-electron chi connectivity index (χ2n) is 4.53. The van der Waals surface area contributed by atoms with Crippen LogP contribution in [0.5, 0.6) is 0 Å². The molecule has 0 aliphatic carbocycles. The van der Waals surface area contributed by atoms with Gasteiger partial charge in [-0.15, -0.1) is 0 Å². The minimum absolute atomic E-state index is 0.611. The van der Waals surface area contributed by atoms with Gasteiger partial charge in [-0.2, -0.15) is 5.26 Å². The Morgan fingerprint density at radius 1 is 1.28 bits per heavy atom. The van der Waals surface area contributed by atoms with Crippen LogP contribution in [0.25, 0.3) is 11.0 Å². The summed E-state index contributed by atoms with van der Waals surface area (Å²) >= 11 is 0. The third-order valence-electron chi connectivity index (χ3n) is 3.16. The van der Waals surface area contributed by atoms with E-state index in [2.05, 4.69) is 35.8 Å². The van der Waals surface area contributed by atoms with Crippen molar-refractivity contribution < 1.29 is 0 Å². The smallest absolute Gasteiger partial charge is 0.109 e. The monoisotopic (exact) mass is 241 g/mol. The van der Waals surface area contributed by atoms with Crippen LogP contribution in [0.3, 0.4) is 0 Å². The molecule has 0 atom stereocenters. The first-order valence-corrected chi connectivity index (χ1v) is 6.68. The maximum Gasteiger partial charge on any atom is 0.109 e. The fourth-order valence-electron chi connectivity index (χ4n) is 2.22. The number of hydrogen-bond donors (Lipinski definition) is 0. The maximum atomic E-state index is 8.64. The third kappa shape index (κ3) is 2.70. The summed E-state index contributed by atoms with van der Waals surface area (Å²) in [4.78, 5) is 4.71. The van der Waals surface area contributed by atoms with E-state index in [9.17, 15) is 0 Å². The molecule has 0 fully saturated rings. The predicted octanol–water partition coefficient (Wildman–Crippen LogP) is 3.68. The normalized spacial score (nSPS) is 10.7. The molecule has 0 aliphatic heterocycles. The van der Waals surface area contributed by atoms with E-state index < -0.39 is 0 Å². The highest BCUT2D eigenvalue weighted by atomic mass is 15.1. The highest BCUT2D eigenvalue weighted by molar-refractivity contribution is 5.75. The molecule has 1 aromatic heterocycles. The van der Waals surface area contributed by atoms with Gasteiger partial charge in [0.05, 0.1) is 17.1 Å². The van der Waals surface area contributed by atoms with Crippen molar-refractivity contribution in [2.75, 3.05) is 0 Å². The van der Waals surface area contributed by atoms with Crippen LogP contribution in [-0.2, 0) is 13.0 Å². The Morgan fingerprint density at radius 2 is 2.11 bits per heavy atom. The molecule has 0 amide bonds. The fraction of sp³-hybridized carbons (Fsp3) is 0.467. The Hall–Kier alpha value is -1.82. The molecule has 2 rings (SSSR count). The van der Waals surface area contributed by atoms with Gasteiger partial charge < -0.3 is 4.57 Å². The molecule has 18 heavy (non-hydrogen) atoms. The number of fused-ring (bicyclic) bond motifs is 1. The van der Waals surface area contributed by atoms with Gasteiger partial charge >= 0.3 is 0 Å². The second-order valence-corrected chi connectivity index (χ2v) is 4.53. The van der Waals surface area contributed by atoms with E-state index in [0.29, 0.717) is 6.42 Å². The average Bonchev–Trinajstić information content (AvgIpc) is 2.75. The van der Waals surface area contributed by atoms with Gasteiger partial charge in [0.25, 0.3) is 0 Å². The molecule has 1 heterocycles. The molecule has 0 aliphatic rings. The van der Waals surface area contributed by atoms with Crippen LogP contribution in [0.15, 0.2) is 24.3 Å². The van der Waals surface area contributed by atoms with Gasteiger partial charge in [0, 0.05) is 19.4 Å². The molecule has 94 valence electrons. The third-order valence-corrected chi connectivity index (χ3v) is 3.16. The number of aromatic nitrogens is 2. The number of para-hydroxylation sites is 2.